The van der Waals surface area contributed by atoms with Crippen molar-refractivity contribution < 1.29 is 14.7 Å². The van der Waals surface area contributed by atoms with Gasteiger partial charge >= 0.3 is 0 Å². The van der Waals surface area contributed by atoms with Crippen LogP contribution in [0.5, 0.6) is 5.75 Å². The van der Waals surface area contributed by atoms with Crippen LogP contribution in [0.1, 0.15) is 21.5 Å². The molecule has 0 bridgehead atoms. The van der Waals surface area contributed by atoms with E-state index in [1.165, 1.54) is 0 Å². The first-order chi connectivity index (χ1) is 14.4. The SMILES string of the molecule is CN1CCN(c2ccc(CNC=C3C(=O)NC(=O)c4ccc(I)cc43)cc2O)CC1. The van der Waals surface area contributed by atoms with E-state index in [0.717, 1.165) is 41.0 Å². The van der Waals surface area contributed by atoms with Gasteiger partial charge in [-0.15, -0.1) is 0 Å². The minimum Gasteiger partial charge on any atom is -0.506 e. The number of nitrogens with one attached hydrogen (secondary N) is 2. The van der Waals surface area contributed by atoms with Gasteiger partial charge in [-0.05, 0) is 65.5 Å². The highest BCUT2D eigenvalue weighted by Crippen LogP contribution is 2.29. The second-order valence-electron chi connectivity index (χ2n) is 7.53. The minimum atomic E-state index is -0.421. The van der Waals surface area contributed by atoms with Crippen LogP contribution < -0.4 is 15.5 Å². The molecule has 2 aromatic rings. The number of carbonyl (C=O) groups is 2. The van der Waals surface area contributed by atoms with Crippen molar-refractivity contribution in [3.63, 3.8) is 0 Å². The summed E-state index contributed by atoms with van der Waals surface area (Å²) in [7, 11) is 2.10. The second kappa shape index (κ2) is 8.65. The lowest BCUT2D eigenvalue weighted by Gasteiger charge is -2.34. The number of piperazine rings is 1. The molecule has 3 N–H and O–H groups in total. The Hall–Kier alpha value is -2.59. The van der Waals surface area contributed by atoms with Gasteiger partial charge in [0.15, 0.2) is 0 Å². The number of anilines is 1. The lowest BCUT2D eigenvalue weighted by Crippen LogP contribution is -2.44. The predicted molar refractivity (Wildman–Crippen MR) is 124 cm³/mol. The molecular formula is C22H23IN4O3. The molecule has 4 rings (SSSR count). The number of likely N-dealkylation sites (N-methyl/N-ethyl adjacent to an activating group) is 1. The van der Waals surface area contributed by atoms with E-state index in [9.17, 15) is 14.7 Å². The Morgan fingerprint density at radius 2 is 1.83 bits per heavy atom. The smallest absolute Gasteiger partial charge is 0.260 e. The monoisotopic (exact) mass is 518 g/mol. The second-order valence-corrected chi connectivity index (χ2v) is 8.77. The molecule has 2 aliphatic heterocycles. The molecule has 1 saturated heterocycles. The summed E-state index contributed by atoms with van der Waals surface area (Å²) in [4.78, 5) is 28.8. The van der Waals surface area contributed by atoms with Crippen molar-refractivity contribution in [1.82, 2.24) is 15.5 Å². The number of halogens is 1. The van der Waals surface area contributed by atoms with Gasteiger partial charge in [0.1, 0.15) is 5.75 Å². The van der Waals surface area contributed by atoms with Gasteiger partial charge in [-0.25, -0.2) is 0 Å². The number of hydrogen-bond donors (Lipinski definition) is 3. The molecule has 2 aliphatic rings. The Morgan fingerprint density at radius 3 is 2.57 bits per heavy atom. The molecule has 30 heavy (non-hydrogen) atoms. The number of carbonyl (C=O) groups excluding carboxylic acids is 2. The predicted octanol–water partition coefficient (Wildman–Crippen LogP) is 2.15. The van der Waals surface area contributed by atoms with Crippen LogP contribution in [0.2, 0.25) is 0 Å². The zero-order valence-electron chi connectivity index (χ0n) is 16.6. The van der Waals surface area contributed by atoms with E-state index >= 15 is 0 Å². The van der Waals surface area contributed by atoms with Gasteiger partial charge in [0.25, 0.3) is 11.8 Å². The summed E-state index contributed by atoms with van der Waals surface area (Å²) < 4.78 is 0.948. The highest BCUT2D eigenvalue weighted by Gasteiger charge is 2.27. The average Bonchev–Trinajstić information content (AvgIpc) is 2.71. The Kier molecular flexibility index (Phi) is 5.96. The fourth-order valence-electron chi connectivity index (χ4n) is 3.71. The van der Waals surface area contributed by atoms with Crippen LogP contribution in [0.3, 0.4) is 0 Å². The first-order valence-electron chi connectivity index (χ1n) is 9.77. The number of phenolic OH excluding ortho intramolecular Hbond substituents is 1. The summed E-state index contributed by atoms with van der Waals surface area (Å²) in [5.41, 5.74) is 3.27. The average molecular weight is 518 g/mol. The molecular weight excluding hydrogens is 495 g/mol. The number of amides is 2. The lowest BCUT2D eigenvalue weighted by molar-refractivity contribution is -0.114. The number of phenols is 1. The molecule has 8 heteroatoms. The van der Waals surface area contributed by atoms with Crippen molar-refractivity contribution in [2.24, 2.45) is 0 Å². The summed E-state index contributed by atoms with van der Waals surface area (Å²) in [5, 5.41) is 16.0. The maximum absolute atomic E-state index is 12.3. The number of benzene rings is 2. The van der Waals surface area contributed by atoms with E-state index in [-0.39, 0.29) is 11.7 Å². The van der Waals surface area contributed by atoms with Gasteiger partial charge in [0, 0.05) is 53.6 Å². The topological polar surface area (TPSA) is 84.9 Å². The van der Waals surface area contributed by atoms with E-state index < -0.39 is 5.91 Å². The molecule has 2 aromatic carbocycles. The summed E-state index contributed by atoms with van der Waals surface area (Å²) >= 11 is 2.16. The Morgan fingerprint density at radius 1 is 1.07 bits per heavy atom. The number of aromatic hydroxyl groups is 1. The van der Waals surface area contributed by atoms with Crippen LogP contribution in [0.25, 0.3) is 5.57 Å². The molecule has 2 amide bonds. The van der Waals surface area contributed by atoms with Crippen LogP contribution in [0.4, 0.5) is 5.69 Å². The first-order valence-corrected chi connectivity index (χ1v) is 10.8. The number of rotatable bonds is 4. The van der Waals surface area contributed by atoms with Crippen LogP contribution in [0.15, 0.2) is 42.6 Å². The Bertz CT molecular complexity index is 1030. The molecule has 0 aromatic heterocycles. The first kappa shape index (κ1) is 20.7. The van der Waals surface area contributed by atoms with Gasteiger partial charge in [0.05, 0.1) is 11.3 Å². The molecule has 0 atom stereocenters. The fraction of sp³-hybridized carbons (Fsp3) is 0.273. The summed E-state index contributed by atoms with van der Waals surface area (Å²) in [6, 6.07) is 11.1. The highest BCUT2D eigenvalue weighted by atomic mass is 127. The van der Waals surface area contributed by atoms with Crippen LogP contribution >= 0.6 is 22.6 Å². The largest absolute Gasteiger partial charge is 0.506 e. The molecule has 0 radical (unpaired) electrons. The summed E-state index contributed by atoms with van der Waals surface area (Å²) in [6.45, 7) is 4.17. The molecule has 2 heterocycles. The third kappa shape index (κ3) is 4.29. The molecule has 7 nitrogen and oxygen atoms in total. The van der Waals surface area contributed by atoms with Crippen LogP contribution in [-0.2, 0) is 11.3 Å². The van der Waals surface area contributed by atoms with Gasteiger partial charge in [0.2, 0.25) is 0 Å². The third-order valence-corrected chi connectivity index (χ3v) is 6.10. The Balaban J connectivity index is 1.48. The van der Waals surface area contributed by atoms with Crippen molar-refractivity contribution in [3.05, 3.63) is 62.9 Å². The number of fused-ring (bicyclic) bond motifs is 1. The number of hydrogen-bond acceptors (Lipinski definition) is 6. The third-order valence-electron chi connectivity index (χ3n) is 5.42. The normalized spacial score (nSPS) is 18.3. The van der Waals surface area contributed by atoms with Crippen molar-refractivity contribution in [2.75, 3.05) is 38.1 Å². The molecule has 0 spiro atoms. The lowest BCUT2D eigenvalue weighted by atomic mass is 9.95. The Labute approximate surface area is 188 Å². The van der Waals surface area contributed by atoms with Crippen molar-refractivity contribution >= 4 is 45.7 Å². The molecule has 0 unspecified atom stereocenters. The van der Waals surface area contributed by atoms with Gasteiger partial charge in [-0.2, -0.15) is 0 Å². The van der Waals surface area contributed by atoms with Gasteiger partial charge in [-0.1, -0.05) is 6.07 Å². The van der Waals surface area contributed by atoms with Crippen molar-refractivity contribution in [2.45, 2.75) is 6.54 Å². The van der Waals surface area contributed by atoms with E-state index in [0.29, 0.717) is 23.2 Å². The van der Waals surface area contributed by atoms with Gasteiger partial charge < -0.3 is 20.2 Å². The maximum Gasteiger partial charge on any atom is 0.260 e. The maximum atomic E-state index is 12.3. The standard InChI is InChI=1S/C22H23IN4O3/c1-26-6-8-27(9-7-26)19-5-2-14(10-20(19)28)12-24-13-18-17-11-15(23)3-4-16(17)21(29)25-22(18)30/h2-5,10-11,13,24,28H,6-9,12H2,1H3,(H,25,29,30). The zero-order valence-corrected chi connectivity index (χ0v) is 18.8. The van der Waals surface area contributed by atoms with Crippen molar-refractivity contribution in [1.29, 1.82) is 0 Å². The quantitative estimate of drug-likeness (QED) is 0.327. The van der Waals surface area contributed by atoms with E-state index in [2.05, 4.69) is 50.1 Å². The summed E-state index contributed by atoms with van der Waals surface area (Å²) in [6.07, 6.45) is 1.63. The van der Waals surface area contributed by atoms with Gasteiger partial charge in [-0.3, -0.25) is 14.9 Å². The van der Waals surface area contributed by atoms with E-state index in [4.69, 9.17) is 0 Å². The van der Waals surface area contributed by atoms with E-state index in [1.807, 2.05) is 24.3 Å². The summed E-state index contributed by atoms with van der Waals surface area (Å²) in [5.74, 6) is -0.546. The number of imide groups is 1. The van der Waals surface area contributed by atoms with Crippen LogP contribution in [0, 0.1) is 3.57 Å². The molecule has 1 fully saturated rings. The molecule has 0 aliphatic carbocycles. The minimum absolute atomic E-state index is 0.257. The number of nitrogens with zero attached hydrogens (tertiary/aromatic N) is 2. The van der Waals surface area contributed by atoms with Crippen molar-refractivity contribution in [3.8, 4) is 5.75 Å². The molecule has 156 valence electrons. The van der Waals surface area contributed by atoms with Crippen LogP contribution in [-0.4, -0.2) is 55.0 Å². The van der Waals surface area contributed by atoms with E-state index in [1.54, 1.807) is 18.3 Å². The zero-order chi connectivity index (χ0) is 21.3. The fourth-order valence-corrected chi connectivity index (χ4v) is 4.20. The highest BCUT2D eigenvalue weighted by molar-refractivity contribution is 14.1. The molecule has 0 saturated carbocycles.